The molecule has 0 aromatic heterocycles. The van der Waals surface area contributed by atoms with E-state index in [0.717, 1.165) is 5.56 Å². The molecule has 1 N–H and O–H groups in total. The van der Waals surface area contributed by atoms with Crippen LogP contribution in [0.5, 0.6) is 5.75 Å². The summed E-state index contributed by atoms with van der Waals surface area (Å²) >= 11 is 12.1. The first kappa shape index (κ1) is 16.6. The van der Waals surface area contributed by atoms with Crippen LogP contribution in [-0.4, -0.2) is 23.1 Å². The van der Waals surface area contributed by atoms with Crippen LogP contribution in [0.25, 0.3) is 0 Å². The summed E-state index contributed by atoms with van der Waals surface area (Å²) in [6, 6.07) is 9.48. The van der Waals surface area contributed by atoms with E-state index in [-0.39, 0.29) is 18.0 Å². The lowest BCUT2D eigenvalue weighted by Gasteiger charge is -2.33. The van der Waals surface area contributed by atoms with Crippen molar-refractivity contribution in [2.24, 2.45) is 0 Å². The molecule has 0 aliphatic carbocycles. The summed E-state index contributed by atoms with van der Waals surface area (Å²) in [5.41, 5.74) is 1.34. The third kappa shape index (κ3) is 3.05. The molecule has 0 saturated heterocycles. The molecule has 0 spiro atoms. The van der Waals surface area contributed by atoms with Gasteiger partial charge in [-0.1, -0.05) is 29.3 Å². The average Bonchev–Trinajstić information content (AvgIpc) is 2.53. The summed E-state index contributed by atoms with van der Waals surface area (Å²) in [7, 11) is 0. The van der Waals surface area contributed by atoms with Crippen molar-refractivity contribution in [1.82, 2.24) is 0 Å². The smallest absolute Gasteiger partial charge is 0.335 e. The monoisotopic (exact) mass is 365 g/mol. The number of rotatable bonds is 3. The normalized spacial score (nSPS) is 16.5. The largest absolute Gasteiger partial charge is 0.479 e. The van der Waals surface area contributed by atoms with Crippen molar-refractivity contribution in [2.75, 3.05) is 4.90 Å². The molecule has 1 aliphatic rings. The van der Waals surface area contributed by atoms with Gasteiger partial charge in [0.15, 0.2) is 6.10 Å². The number of anilines is 1. The molecule has 1 atom stereocenters. The van der Waals surface area contributed by atoms with E-state index in [4.69, 9.17) is 33.0 Å². The fourth-order valence-electron chi connectivity index (χ4n) is 2.53. The molecule has 5 nitrogen and oxygen atoms in total. The molecule has 1 aliphatic heterocycles. The van der Waals surface area contributed by atoms with Gasteiger partial charge >= 0.3 is 5.97 Å². The van der Waals surface area contributed by atoms with Crippen molar-refractivity contribution >= 4 is 40.8 Å². The van der Waals surface area contributed by atoms with Gasteiger partial charge in [-0.3, -0.25) is 4.79 Å². The Bertz CT molecular complexity index is 837. The maximum absolute atomic E-state index is 12.5. The number of amides is 1. The number of benzene rings is 2. The number of fused-ring (bicyclic) bond motifs is 1. The molecule has 1 unspecified atom stereocenters. The van der Waals surface area contributed by atoms with Crippen LogP contribution in [-0.2, 0) is 11.3 Å². The van der Waals surface area contributed by atoms with Crippen molar-refractivity contribution < 1.29 is 19.4 Å². The maximum atomic E-state index is 12.5. The molecular formula is C17H13Cl2NO4. The minimum Gasteiger partial charge on any atom is -0.479 e. The van der Waals surface area contributed by atoms with E-state index in [2.05, 4.69) is 0 Å². The van der Waals surface area contributed by atoms with Gasteiger partial charge in [0.25, 0.3) is 5.91 Å². The van der Waals surface area contributed by atoms with Crippen molar-refractivity contribution in [1.29, 1.82) is 0 Å². The summed E-state index contributed by atoms with van der Waals surface area (Å²) in [6.45, 7) is 1.86. The van der Waals surface area contributed by atoms with Gasteiger partial charge in [-0.05, 0) is 42.8 Å². The highest BCUT2D eigenvalue weighted by Gasteiger charge is 2.32. The molecule has 2 aromatic carbocycles. The number of carbonyl (C=O) groups is 2. The summed E-state index contributed by atoms with van der Waals surface area (Å²) in [5.74, 6) is -0.929. The zero-order valence-corrected chi connectivity index (χ0v) is 14.1. The van der Waals surface area contributed by atoms with E-state index in [1.165, 1.54) is 17.0 Å². The number of carboxylic acid groups (broad SMARTS) is 1. The van der Waals surface area contributed by atoms with Crippen LogP contribution < -0.4 is 9.64 Å². The van der Waals surface area contributed by atoms with E-state index >= 15 is 0 Å². The third-order valence-corrected chi connectivity index (χ3v) is 4.35. The van der Waals surface area contributed by atoms with Crippen LogP contribution in [0.2, 0.25) is 10.0 Å². The number of carboxylic acids is 1. The molecule has 1 heterocycles. The second kappa shape index (κ2) is 6.34. The summed E-state index contributed by atoms with van der Waals surface area (Å²) in [6.07, 6.45) is -0.715. The van der Waals surface area contributed by atoms with Gasteiger partial charge in [-0.15, -0.1) is 0 Å². The number of aromatic carboxylic acids is 1. The van der Waals surface area contributed by atoms with Crippen molar-refractivity contribution in [3.8, 4) is 5.75 Å². The Kier molecular flexibility index (Phi) is 4.39. The van der Waals surface area contributed by atoms with Crippen LogP contribution in [0.1, 0.15) is 22.8 Å². The summed E-state index contributed by atoms with van der Waals surface area (Å²) < 4.78 is 5.54. The van der Waals surface area contributed by atoms with Crippen LogP contribution in [0.3, 0.4) is 0 Å². The molecule has 0 bridgehead atoms. The maximum Gasteiger partial charge on any atom is 0.335 e. The molecular weight excluding hydrogens is 353 g/mol. The highest BCUT2D eigenvalue weighted by molar-refractivity contribution is 6.35. The molecule has 0 radical (unpaired) electrons. The molecule has 0 fully saturated rings. The Labute approximate surface area is 148 Å². The number of hydrogen-bond donors (Lipinski definition) is 1. The molecule has 0 saturated carbocycles. The van der Waals surface area contributed by atoms with Gasteiger partial charge in [0, 0.05) is 10.0 Å². The molecule has 124 valence electrons. The predicted octanol–water partition coefficient (Wildman–Crippen LogP) is 4.01. The van der Waals surface area contributed by atoms with Gasteiger partial charge in [-0.2, -0.15) is 0 Å². The lowest BCUT2D eigenvalue weighted by molar-refractivity contribution is -0.125. The highest BCUT2D eigenvalue weighted by atomic mass is 35.5. The van der Waals surface area contributed by atoms with Crippen LogP contribution in [0, 0.1) is 0 Å². The first-order chi connectivity index (χ1) is 11.4. The zero-order chi connectivity index (χ0) is 17.4. The van der Waals surface area contributed by atoms with Gasteiger partial charge in [0.2, 0.25) is 0 Å². The lowest BCUT2D eigenvalue weighted by Crippen LogP contribution is -2.44. The second-order valence-corrected chi connectivity index (χ2v) is 6.25. The average molecular weight is 366 g/mol. The summed E-state index contributed by atoms with van der Waals surface area (Å²) in [5, 5.41) is 10.1. The SMILES string of the molecule is CC1Oc2cc(C(=O)O)ccc2N(Cc2ccc(Cl)cc2Cl)C1=O. The number of ether oxygens (including phenoxy) is 1. The van der Waals surface area contributed by atoms with Gasteiger partial charge in [0.1, 0.15) is 5.75 Å². The Morgan fingerprint density at radius 1 is 1.25 bits per heavy atom. The second-order valence-electron chi connectivity index (χ2n) is 5.41. The minimum atomic E-state index is -1.06. The van der Waals surface area contributed by atoms with E-state index in [1.807, 2.05) is 0 Å². The van der Waals surface area contributed by atoms with Crippen molar-refractivity contribution in [3.05, 3.63) is 57.6 Å². The molecule has 3 rings (SSSR count). The van der Waals surface area contributed by atoms with Crippen molar-refractivity contribution in [3.63, 3.8) is 0 Å². The first-order valence-electron chi connectivity index (χ1n) is 7.16. The Balaban J connectivity index is 2.01. The van der Waals surface area contributed by atoms with E-state index in [1.54, 1.807) is 31.2 Å². The Morgan fingerprint density at radius 3 is 2.67 bits per heavy atom. The molecule has 1 amide bonds. The first-order valence-corrected chi connectivity index (χ1v) is 7.91. The zero-order valence-electron chi connectivity index (χ0n) is 12.6. The minimum absolute atomic E-state index is 0.0970. The fourth-order valence-corrected chi connectivity index (χ4v) is 3.00. The lowest BCUT2D eigenvalue weighted by atomic mass is 10.1. The molecule has 24 heavy (non-hydrogen) atoms. The molecule has 2 aromatic rings. The topological polar surface area (TPSA) is 66.8 Å². The third-order valence-electron chi connectivity index (χ3n) is 3.76. The van der Waals surface area contributed by atoms with Crippen LogP contribution in [0.4, 0.5) is 5.69 Å². The van der Waals surface area contributed by atoms with E-state index in [0.29, 0.717) is 21.5 Å². The van der Waals surface area contributed by atoms with Gasteiger partial charge < -0.3 is 14.7 Å². The van der Waals surface area contributed by atoms with E-state index < -0.39 is 12.1 Å². The standard InChI is InChI=1S/C17H13Cl2NO4/c1-9-16(21)20(8-11-2-4-12(18)7-13(11)19)14-5-3-10(17(22)23)6-15(14)24-9/h2-7,9H,8H2,1H3,(H,22,23). The van der Waals surface area contributed by atoms with Crippen molar-refractivity contribution in [2.45, 2.75) is 19.6 Å². The van der Waals surface area contributed by atoms with Gasteiger partial charge in [-0.25, -0.2) is 4.79 Å². The summed E-state index contributed by atoms with van der Waals surface area (Å²) in [4.78, 5) is 25.2. The van der Waals surface area contributed by atoms with E-state index in [9.17, 15) is 9.59 Å². The van der Waals surface area contributed by atoms with Gasteiger partial charge in [0.05, 0.1) is 17.8 Å². The Morgan fingerprint density at radius 2 is 2.00 bits per heavy atom. The number of hydrogen-bond acceptors (Lipinski definition) is 3. The van der Waals surface area contributed by atoms with Crippen LogP contribution in [0.15, 0.2) is 36.4 Å². The quantitative estimate of drug-likeness (QED) is 0.892. The fraction of sp³-hybridized carbons (Fsp3) is 0.176. The highest BCUT2D eigenvalue weighted by Crippen LogP contribution is 2.36. The number of nitrogens with zero attached hydrogens (tertiary/aromatic N) is 1. The Hall–Kier alpha value is -2.24. The molecule has 7 heteroatoms. The predicted molar refractivity (Wildman–Crippen MR) is 91.1 cm³/mol. The van der Waals surface area contributed by atoms with Crippen LogP contribution >= 0.6 is 23.2 Å². The number of halogens is 2. The number of carbonyl (C=O) groups excluding carboxylic acids is 1.